The molecule has 1 heterocycles. The zero-order valence-electron chi connectivity index (χ0n) is 13.6. The van der Waals surface area contributed by atoms with Crippen molar-refractivity contribution in [3.05, 3.63) is 36.0 Å². The maximum absolute atomic E-state index is 12.3. The van der Waals surface area contributed by atoms with Gasteiger partial charge in [0.1, 0.15) is 0 Å². The maximum Gasteiger partial charge on any atom is 0.251 e. The van der Waals surface area contributed by atoms with Crippen molar-refractivity contribution in [2.45, 2.75) is 19.0 Å². The Labute approximate surface area is 141 Å². The number of carbonyl (C=O) groups is 1. The van der Waals surface area contributed by atoms with E-state index in [1.807, 2.05) is 36.7 Å². The normalized spacial score (nSPS) is 12.5. The number of fused-ring (bicyclic) bond motifs is 1. The molecule has 0 radical (unpaired) electrons. The molecular formula is C17H24N2O3S. The number of rotatable bonds is 9. The van der Waals surface area contributed by atoms with Crippen LogP contribution in [0.4, 0.5) is 0 Å². The summed E-state index contributed by atoms with van der Waals surface area (Å²) in [6.07, 6.45) is 4.78. The maximum atomic E-state index is 12.3. The summed E-state index contributed by atoms with van der Waals surface area (Å²) < 4.78 is 7.21. The van der Waals surface area contributed by atoms with Crippen LogP contribution in [0.2, 0.25) is 0 Å². The van der Waals surface area contributed by atoms with E-state index in [-0.39, 0.29) is 18.6 Å². The van der Waals surface area contributed by atoms with E-state index < -0.39 is 0 Å². The molecule has 126 valence electrons. The lowest BCUT2D eigenvalue weighted by Gasteiger charge is -2.15. The Hall–Kier alpha value is -1.50. The quantitative estimate of drug-likeness (QED) is 0.736. The van der Waals surface area contributed by atoms with Crippen molar-refractivity contribution in [3.8, 4) is 0 Å². The molecule has 0 unspecified atom stereocenters. The molecule has 0 bridgehead atoms. The largest absolute Gasteiger partial charge is 0.394 e. The average Bonchev–Trinajstić information content (AvgIpc) is 2.98. The van der Waals surface area contributed by atoms with Gasteiger partial charge in [0.2, 0.25) is 0 Å². The number of benzene rings is 1. The van der Waals surface area contributed by atoms with Gasteiger partial charge in [0, 0.05) is 36.3 Å². The van der Waals surface area contributed by atoms with Crippen LogP contribution in [-0.4, -0.2) is 54.0 Å². The lowest BCUT2D eigenvalue weighted by molar-refractivity contribution is 0.0915. The molecule has 23 heavy (non-hydrogen) atoms. The summed E-state index contributed by atoms with van der Waals surface area (Å²) in [7, 11) is 1.68. The number of aromatic nitrogens is 1. The number of aliphatic hydroxyl groups is 1. The van der Waals surface area contributed by atoms with Gasteiger partial charge in [0.15, 0.2) is 0 Å². The average molecular weight is 336 g/mol. The predicted octanol–water partition coefficient (Wildman–Crippen LogP) is 2.13. The second-order valence-corrected chi connectivity index (χ2v) is 6.40. The number of thioether (sulfide) groups is 1. The lowest BCUT2D eigenvalue weighted by atomic mass is 10.1. The minimum atomic E-state index is -0.197. The molecule has 2 N–H and O–H groups in total. The summed E-state index contributed by atoms with van der Waals surface area (Å²) in [5.74, 6) is 0.768. The summed E-state index contributed by atoms with van der Waals surface area (Å²) in [6, 6.07) is 7.47. The molecule has 1 atom stereocenters. The van der Waals surface area contributed by atoms with Crippen molar-refractivity contribution in [3.63, 3.8) is 0 Å². The van der Waals surface area contributed by atoms with E-state index in [1.54, 1.807) is 18.9 Å². The summed E-state index contributed by atoms with van der Waals surface area (Å²) in [6.45, 7) is 1.40. The predicted molar refractivity (Wildman–Crippen MR) is 95.2 cm³/mol. The molecule has 1 aromatic carbocycles. The standard InChI is InChI=1S/C17H24N2O3S/c1-22-9-8-19-7-5-13-11-14(3-4-16(13)19)17(21)18-15(12-20)6-10-23-2/h3-5,7,11,15,20H,6,8-10,12H2,1-2H3,(H,18,21)/t15-/m0/s1. The Morgan fingerprint density at radius 2 is 2.26 bits per heavy atom. The number of nitrogens with one attached hydrogen (secondary N) is 1. The highest BCUT2D eigenvalue weighted by Gasteiger charge is 2.13. The van der Waals surface area contributed by atoms with Crippen LogP contribution in [-0.2, 0) is 11.3 Å². The van der Waals surface area contributed by atoms with E-state index in [0.717, 1.165) is 29.6 Å². The molecule has 0 aliphatic heterocycles. The minimum absolute atomic E-state index is 0.0397. The van der Waals surface area contributed by atoms with E-state index in [9.17, 15) is 9.90 Å². The Morgan fingerprint density at radius 3 is 2.96 bits per heavy atom. The molecule has 2 rings (SSSR count). The van der Waals surface area contributed by atoms with E-state index in [4.69, 9.17) is 4.74 Å². The van der Waals surface area contributed by atoms with Gasteiger partial charge < -0.3 is 19.7 Å². The second-order valence-electron chi connectivity index (χ2n) is 5.41. The molecule has 5 nitrogen and oxygen atoms in total. The van der Waals surface area contributed by atoms with Crippen LogP contribution < -0.4 is 5.32 Å². The first-order valence-electron chi connectivity index (χ1n) is 7.68. The van der Waals surface area contributed by atoms with Gasteiger partial charge in [-0.15, -0.1) is 0 Å². The first-order valence-corrected chi connectivity index (χ1v) is 9.07. The smallest absolute Gasteiger partial charge is 0.251 e. The SMILES string of the molecule is COCCn1ccc2cc(C(=O)N[C@H](CO)CCSC)ccc21. The van der Waals surface area contributed by atoms with E-state index >= 15 is 0 Å². The number of aliphatic hydroxyl groups excluding tert-OH is 1. The number of carbonyl (C=O) groups excluding carboxylic acids is 1. The molecule has 1 aromatic heterocycles. The van der Waals surface area contributed by atoms with Crippen LogP contribution in [0, 0.1) is 0 Å². The third-order valence-electron chi connectivity index (χ3n) is 3.80. The van der Waals surface area contributed by atoms with E-state index in [2.05, 4.69) is 9.88 Å². The highest BCUT2D eigenvalue weighted by Crippen LogP contribution is 2.18. The molecule has 0 spiro atoms. The molecule has 0 saturated heterocycles. The highest BCUT2D eigenvalue weighted by molar-refractivity contribution is 7.98. The van der Waals surface area contributed by atoms with Crippen LogP contribution >= 0.6 is 11.8 Å². The zero-order chi connectivity index (χ0) is 16.7. The molecular weight excluding hydrogens is 312 g/mol. The Bertz CT molecular complexity index is 642. The Morgan fingerprint density at radius 1 is 1.43 bits per heavy atom. The monoisotopic (exact) mass is 336 g/mol. The van der Waals surface area contributed by atoms with Crippen molar-refractivity contribution in [1.29, 1.82) is 0 Å². The third kappa shape index (κ3) is 4.73. The van der Waals surface area contributed by atoms with Crippen LogP contribution in [0.15, 0.2) is 30.5 Å². The number of methoxy groups -OCH3 is 1. The van der Waals surface area contributed by atoms with Gasteiger partial charge in [-0.1, -0.05) is 0 Å². The summed E-state index contributed by atoms with van der Waals surface area (Å²) in [5, 5.41) is 13.3. The van der Waals surface area contributed by atoms with Gasteiger partial charge in [-0.05, 0) is 42.7 Å². The lowest BCUT2D eigenvalue weighted by Crippen LogP contribution is -2.37. The molecule has 0 aliphatic carbocycles. The van der Waals surface area contributed by atoms with Gasteiger partial charge in [0.25, 0.3) is 5.91 Å². The number of hydrogen-bond acceptors (Lipinski definition) is 4. The molecule has 0 fully saturated rings. The van der Waals surface area contributed by atoms with Crippen LogP contribution in [0.3, 0.4) is 0 Å². The van der Waals surface area contributed by atoms with Crippen molar-refractivity contribution in [2.75, 3.05) is 32.3 Å². The van der Waals surface area contributed by atoms with E-state index in [1.165, 1.54) is 0 Å². The second kappa shape index (κ2) is 8.96. The highest BCUT2D eigenvalue weighted by atomic mass is 32.2. The molecule has 0 saturated carbocycles. The van der Waals surface area contributed by atoms with Gasteiger partial charge in [-0.2, -0.15) is 11.8 Å². The Kier molecular flexibility index (Phi) is 6.95. The van der Waals surface area contributed by atoms with Gasteiger partial charge in [-0.25, -0.2) is 0 Å². The summed E-state index contributed by atoms with van der Waals surface area (Å²) in [4.78, 5) is 12.3. The van der Waals surface area contributed by atoms with Gasteiger partial charge >= 0.3 is 0 Å². The van der Waals surface area contributed by atoms with Crippen molar-refractivity contribution < 1.29 is 14.6 Å². The fourth-order valence-corrected chi connectivity index (χ4v) is 2.98. The first kappa shape index (κ1) is 17.8. The molecule has 1 amide bonds. The molecule has 0 aliphatic rings. The molecule has 6 heteroatoms. The minimum Gasteiger partial charge on any atom is -0.394 e. The van der Waals surface area contributed by atoms with Gasteiger partial charge in [0.05, 0.1) is 19.3 Å². The van der Waals surface area contributed by atoms with E-state index in [0.29, 0.717) is 12.2 Å². The number of hydrogen-bond donors (Lipinski definition) is 2. The van der Waals surface area contributed by atoms with Crippen molar-refractivity contribution in [1.82, 2.24) is 9.88 Å². The number of amides is 1. The Balaban J connectivity index is 2.09. The summed E-state index contributed by atoms with van der Waals surface area (Å²) in [5.41, 5.74) is 1.70. The summed E-state index contributed by atoms with van der Waals surface area (Å²) >= 11 is 1.70. The van der Waals surface area contributed by atoms with Crippen LogP contribution in [0.25, 0.3) is 10.9 Å². The van der Waals surface area contributed by atoms with Crippen LogP contribution in [0.5, 0.6) is 0 Å². The zero-order valence-corrected chi connectivity index (χ0v) is 14.4. The first-order chi connectivity index (χ1) is 11.2. The fraction of sp³-hybridized carbons (Fsp3) is 0.471. The topological polar surface area (TPSA) is 63.5 Å². The van der Waals surface area contributed by atoms with Crippen molar-refractivity contribution in [2.24, 2.45) is 0 Å². The number of nitrogens with zero attached hydrogens (tertiary/aromatic N) is 1. The van der Waals surface area contributed by atoms with Gasteiger partial charge in [-0.3, -0.25) is 4.79 Å². The third-order valence-corrected chi connectivity index (χ3v) is 4.44. The number of ether oxygens (including phenoxy) is 1. The van der Waals surface area contributed by atoms with Crippen molar-refractivity contribution >= 4 is 28.6 Å². The molecule has 2 aromatic rings. The fourth-order valence-electron chi connectivity index (χ4n) is 2.46. The van der Waals surface area contributed by atoms with Crippen LogP contribution in [0.1, 0.15) is 16.8 Å².